The zero-order valence-electron chi connectivity index (χ0n) is 16.3. The molecule has 2 aromatic rings. The average Bonchev–Trinajstić information content (AvgIpc) is 3.06. The fourth-order valence-electron chi connectivity index (χ4n) is 3.44. The van der Waals surface area contributed by atoms with Gasteiger partial charge in [0.1, 0.15) is 17.1 Å². The molecular formula is C21H24N2O4. The van der Waals surface area contributed by atoms with Crippen molar-refractivity contribution in [2.24, 2.45) is 0 Å². The second-order valence-corrected chi connectivity index (χ2v) is 7.47. The Kier molecular flexibility index (Phi) is 4.68. The molecule has 1 aromatic carbocycles. The van der Waals surface area contributed by atoms with Gasteiger partial charge in [0.05, 0.1) is 6.54 Å². The van der Waals surface area contributed by atoms with Crippen LogP contribution < -0.4 is 5.32 Å². The lowest BCUT2D eigenvalue weighted by molar-refractivity contribution is -0.130. The van der Waals surface area contributed by atoms with E-state index >= 15 is 0 Å². The largest absolute Gasteiger partial charge is 0.466 e. The summed E-state index contributed by atoms with van der Waals surface area (Å²) in [6.45, 7) is 9.01. The van der Waals surface area contributed by atoms with Crippen LogP contribution in [0.5, 0.6) is 0 Å². The molecule has 1 saturated heterocycles. The molecule has 6 heteroatoms. The topological polar surface area (TPSA) is 79.6 Å². The van der Waals surface area contributed by atoms with Gasteiger partial charge in [0, 0.05) is 11.1 Å². The predicted octanol–water partition coefficient (Wildman–Crippen LogP) is 3.67. The molecule has 1 fully saturated rings. The van der Waals surface area contributed by atoms with Crippen LogP contribution in [0, 0.1) is 13.8 Å². The minimum atomic E-state index is -1.24. The lowest BCUT2D eigenvalue weighted by Crippen LogP contribution is -2.41. The van der Waals surface area contributed by atoms with E-state index in [1.807, 2.05) is 12.1 Å². The summed E-state index contributed by atoms with van der Waals surface area (Å²) in [5.41, 5.74) is 0.971. The first-order chi connectivity index (χ1) is 12.6. The first-order valence-electron chi connectivity index (χ1n) is 8.98. The van der Waals surface area contributed by atoms with Crippen molar-refractivity contribution in [2.45, 2.75) is 46.1 Å². The van der Waals surface area contributed by atoms with Crippen molar-refractivity contribution in [2.75, 3.05) is 6.54 Å². The van der Waals surface area contributed by atoms with Gasteiger partial charge in [-0.15, -0.1) is 0 Å². The van der Waals surface area contributed by atoms with Crippen LogP contribution in [0.4, 0.5) is 4.79 Å². The van der Waals surface area contributed by atoms with Crippen LogP contribution >= 0.6 is 0 Å². The molecule has 1 aliphatic heterocycles. The molecule has 1 unspecified atom stereocenters. The molecule has 0 bridgehead atoms. The van der Waals surface area contributed by atoms with Crippen LogP contribution in [0.3, 0.4) is 0 Å². The molecule has 1 aromatic heterocycles. The number of imide groups is 1. The van der Waals surface area contributed by atoms with Gasteiger partial charge in [-0.3, -0.25) is 14.5 Å². The van der Waals surface area contributed by atoms with Gasteiger partial charge in [0.2, 0.25) is 0 Å². The average molecular weight is 368 g/mol. The number of hydrogen-bond acceptors (Lipinski definition) is 4. The minimum Gasteiger partial charge on any atom is -0.466 e. The van der Waals surface area contributed by atoms with E-state index in [1.54, 1.807) is 39.0 Å². The molecule has 6 nitrogen and oxygen atoms in total. The van der Waals surface area contributed by atoms with Crippen LogP contribution in [0.1, 0.15) is 59.7 Å². The zero-order chi connectivity index (χ0) is 19.9. The fourth-order valence-corrected chi connectivity index (χ4v) is 3.44. The number of furan rings is 1. The minimum absolute atomic E-state index is 0.279. The van der Waals surface area contributed by atoms with Crippen LogP contribution in [-0.4, -0.2) is 29.2 Å². The highest BCUT2D eigenvalue weighted by molar-refractivity contribution is 6.11. The van der Waals surface area contributed by atoms with E-state index in [9.17, 15) is 14.4 Å². The van der Waals surface area contributed by atoms with Gasteiger partial charge >= 0.3 is 6.03 Å². The van der Waals surface area contributed by atoms with Crippen LogP contribution in [0.2, 0.25) is 0 Å². The van der Waals surface area contributed by atoms with Gasteiger partial charge in [0.25, 0.3) is 5.91 Å². The van der Waals surface area contributed by atoms with Crippen molar-refractivity contribution in [3.63, 3.8) is 0 Å². The van der Waals surface area contributed by atoms with E-state index < -0.39 is 17.5 Å². The molecule has 0 spiro atoms. The van der Waals surface area contributed by atoms with Crippen molar-refractivity contribution in [1.29, 1.82) is 0 Å². The monoisotopic (exact) mass is 368 g/mol. The lowest BCUT2D eigenvalue weighted by atomic mass is 9.92. The summed E-state index contributed by atoms with van der Waals surface area (Å²) in [6.07, 6.45) is 0. The number of Topliss-reactive ketones (excluding diaryl/α,β-unsaturated/α-hetero) is 1. The number of nitrogens with one attached hydrogen (secondary N) is 1. The second kappa shape index (κ2) is 6.68. The van der Waals surface area contributed by atoms with E-state index in [-0.39, 0.29) is 12.3 Å². The maximum Gasteiger partial charge on any atom is 0.325 e. The Balaban J connectivity index is 1.81. The van der Waals surface area contributed by atoms with Gasteiger partial charge < -0.3 is 9.73 Å². The summed E-state index contributed by atoms with van der Waals surface area (Å²) in [7, 11) is 0. The third-order valence-electron chi connectivity index (χ3n) is 5.06. The summed E-state index contributed by atoms with van der Waals surface area (Å²) in [6, 6.07) is 8.42. The van der Waals surface area contributed by atoms with E-state index in [2.05, 4.69) is 19.2 Å². The van der Waals surface area contributed by atoms with E-state index in [4.69, 9.17) is 4.42 Å². The Morgan fingerprint density at radius 3 is 2.33 bits per heavy atom. The summed E-state index contributed by atoms with van der Waals surface area (Å²) in [5, 5.41) is 2.71. The summed E-state index contributed by atoms with van der Waals surface area (Å²) in [4.78, 5) is 38.9. The van der Waals surface area contributed by atoms with Crippen molar-refractivity contribution >= 4 is 17.7 Å². The molecule has 0 radical (unpaired) electrons. The normalized spacial score (nSPS) is 19.7. The Bertz CT molecular complexity index is 911. The predicted molar refractivity (Wildman–Crippen MR) is 101 cm³/mol. The lowest BCUT2D eigenvalue weighted by Gasteiger charge is -2.21. The van der Waals surface area contributed by atoms with Gasteiger partial charge in [-0.05, 0) is 38.3 Å². The standard InChI is InChI=1S/C21H24N2O4/c1-12(2)15-6-8-16(9-7-15)18(24)11-23-19(25)21(5,22-20(23)26)17-10-13(3)27-14(17)4/h6-10,12H,11H2,1-5H3,(H,22,26). The first-order valence-corrected chi connectivity index (χ1v) is 8.98. The number of ketones is 1. The summed E-state index contributed by atoms with van der Waals surface area (Å²) < 4.78 is 5.50. The fraction of sp³-hybridized carbons (Fsp3) is 0.381. The number of carbonyl (C=O) groups is 3. The highest BCUT2D eigenvalue weighted by Gasteiger charge is 2.51. The molecule has 3 rings (SSSR count). The number of hydrogen-bond donors (Lipinski definition) is 1. The van der Waals surface area contributed by atoms with E-state index in [0.29, 0.717) is 28.6 Å². The molecule has 2 heterocycles. The van der Waals surface area contributed by atoms with Crippen LogP contribution in [-0.2, 0) is 10.3 Å². The van der Waals surface area contributed by atoms with Crippen molar-refractivity contribution in [1.82, 2.24) is 10.2 Å². The maximum atomic E-state index is 13.0. The first kappa shape index (κ1) is 18.9. The van der Waals surface area contributed by atoms with E-state index in [1.165, 1.54) is 0 Å². The Hall–Kier alpha value is -2.89. The number of rotatable bonds is 5. The maximum absolute atomic E-state index is 13.0. The number of benzene rings is 1. The van der Waals surface area contributed by atoms with Gasteiger partial charge in [0.15, 0.2) is 5.78 Å². The number of nitrogens with zero attached hydrogens (tertiary/aromatic N) is 1. The third-order valence-corrected chi connectivity index (χ3v) is 5.06. The van der Waals surface area contributed by atoms with Gasteiger partial charge in [-0.25, -0.2) is 4.79 Å². The molecular weight excluding hydrogens is 344 g/mol. The number of amides is 3. The third kappa shape index (κ3) is 3.27. The number of urea groups is 1. The summed E-state index contributed by atoms with van der Waals surface area (Å²) in [5.74, 6) is 0.857. The van der Waals surface area contributed by atoms with Crippen molar-refractivity contribution < 1.29 is 18.8 Å². The van der Waals surface area contributed by atoms with Gasteiger partial charge in [-0.2, -0.15) is 0 Å². The molecule has 0 aliphatic carbocycles. The quantitative estimate of drug-likeness (QED) is 0.645. The molecule has 27 heavy (non-hydrogen) atoms. The Labute approximate surface area is 158 Å². The molecule has 1 atom stereocenters. The molecule has 3 amide bonds. The van der Waals surface area contributed by atoms with Crippen LogP contribution in [0.25, 0.3) is 0 Å². The van der Waals surface area contributed by atoms with E-state index in [0.717, 1.165) is 10.5 Å². The zero-order valence-corrected chi connectivity index (χ0v) is 16.3. The van der Waals surface area contributed by atoms with Crippen LogP contribution in [0.15, 0.2) is 34.7 Å². The number of carbonyl (C=O) groups excluding carboxylic acids is 3. The molecule has 142 valence electrons. The highest BCUT2D eigenvalue weighted by Crippen LogP contribution is 2.33. The van der Waals surface area contributed by atoms with Crippen molar-refractivity contribution in [3.8, 4) is 0 Å². The SMILES string of the molecule is Cc1cc(C2(C)NC(=O)N(CC(=O)c3ccc(C(C)C)cc3)C2=O)c(C)o1. The Morgan fingerprint density at radius 2 is 1.81 bits per heavy atom. The smallest absolute Gasteiger partial charge is 0.325 e. The summed E-state index contributed by atoms with van der Waals surface area (Å²) >= 11 is 0. The Morgan fingerprint density at radius 1 is 1.19 bits per heavy atom. The highest BCUT2D eigenvalue weighted by atomic mass is 16.3. The molecule has 1 aliphatic rings. The number of aryl methyl sites for hydroxylation is 2. The van der Waals surface area contributed by atoms with Crippen molar-refractivity contribution in [3.05, 3.63) is 58.5 Å². The van der Waals surface area contributed by atoms with Gasteiger partial charge in [-0.1, -0.05) is 38.1 Å². The second-order valence-electron chi connectivity index (χ2n) is 7.47. The molecule has 0 saturated carbocycles. The molecule has 1 N–H and O–H groups in total.